The molecule has 1 aromatic carbocycles. The molecular formula is C17H24N2O. The van der Waals surface area contributed by atoms with Gasteiger partial charge >= 0.3 is 0 Å². The van der Waals surface area contributed by atoms with Crippen LogP contribution < -0.4 is 5.32 Å². The molecule has 3 heteroatoms. The second-order valence-electron chi connectivity index (χ2n) is 6.59. The lowest BCUT2D eigenvalue weighted by atomic mass is 9.73. The minimum atomic E-state index is -0.0801. The van der Waals surface area contributed by atoms with Gasteiger partial charge in [-0.25, -0.2) is 0 Å². The fourth-order valence-electron chi connectivity index (χ4n) is 3.75. The topological polar surface area (TPSA) is 32.3 Å². The number of benzene rings is 1. The van der Waals surface area contributed by atoms with Gasteiger partial charge in [-0.3, -0.25) is 4.79 Å². The van der Waals surface area contributed by atoms with Crippen molar-refractivity contribution in [2.24, 2.45) is 5.92 Å². The lowest BCUT2D eigenvalue weighted by Gasteiger charge is -2.52. The molecule has 0 radical (unpaired) electrons. The van der Waals surface area contributed by atoms with Gasteiger partial charge in [0.05, 0.1) is 11.5 Å². The number of piperidine rings is 3. The van der Waals surface area contributed by atoms with Crippen molar-refractivity contribution in [1.29, 1.82) is 0 Å². The Morgan fingerprint density at radius 1 is 1.30 bits per heavy atom. The van der Waals surface area contributed by atoms with E-state index in [0.717, 1.165) is 12.1 Å². The lowest BCUT2D eigenvalue weighted by molar-refractivity contribution is -0.126. The van der Waals surface area contributed by atoms with Crippen molar-refractivity contribution >= 4 is 5.91 Å². The van der Waals surface area contributed by atoms with Gasteiger partial charge in [0, 0.05) is 6.54 Å². The molecule has 1 aromatic rings. The zero-order valence-corrected chi connectivity index (χ0v) is 12.4. The van der Waals surface area contributed by atoms with E-state index in [1.54, 1.807) is 0 Å². The van der Waals surface area contributed by atoms with E-state index in [2.05, 4.69) is 17.1 Å². The first-order valence-corrected chi connectivity index (χ1v) is 7.68. The number of carbonyl (C=O) groups is 1. The van der Waals surface area contributed by atoms with Gasteiger partial charge in [-0.15, -0.1) is 0 Å². The van der Waals surface area contributed by atoms with Gasteiger partial charge in [0.15, 0.2) is 0 Å². The fraction of sp³-hybridized carbons (Fsp3) is 0.588. The highest BCUT2D eigenvalue weighted by molar-refractivity contribution is 5.84. The summed E-state index contributed by atoms with van der Waals surface area (Å²) in [6.45, 7) is 7.62. The van der Waals surface area contributed by atoms with Gasteiger partial charge in [-0.1, -0.05) is 30.3 Å². The second kappa shape index (κ2) is 5.21. The molecule has 3 heterocycles. The van der Waals surface area contributed by atoms with Gasteiger partial charge in [-0.05, 0) is 51.3 Å². The Kier molecular flexibility index (Phi) is 3.55. The first-order chi connectivity index (χ1) is 9.58. The monoisotopic (exact) mass is 272 g/mol. The minimum absolute atomic E-state index is 0.0450. The van der Waals surface area contributed by atoms with E-state index >= 15 is 0 Å². The van der Waals surface area contributed by atoms with Crippen LogP contribution in [0.2, 0.25) is 0 Å². The molecule has 0 aromatic heterocycles. The van der Waals surface area contributed by atoms with E-state index in [1.165, 1.54) is 25.9 Å². The summed E-state index contributed by atoms with van der Waals surface area (Å²) in [5.74, 6) is 0.718. The molecule has 3 nitrogen and oxygen atoms in total. The molecule has 2 bridgehead atoms. The molecule has 4 rings (SSSR count). The number of rotatable bonds is 3. The molecule has 20 heavy (non-hydrogen) atoms. The van der Waals surface area contributed by atoms with E-state index in [4.69, 9.17) is 0 Å². The summed E-state index contributed by atoms with van der Waals surface area (Å²) in [7, 11) is 0. The molecule has 0 saturated carbocycles. The summed E-state index contributed by atoms with van der Waals surface area (Å²) in [5.41, 5.74) is 1.05. The third-order valence-electron chi connectivity index (χ3n) is 5.14. The number of nitrogens with zero attached hydrogens (tertiary/aromatic N) is 1. The van der Waals surface area contributed by atoms with E-state index in [-0.39, 0.29) is 17.4 Å². The fourth-order valence-corrected chi connectivity index (χ4v) is 3.75. The highest BCUT2D eigenvalue weighted by Crippen LogP contribution is 2.35. The van der Waals surface area contributed by atoms with Crippen molar-refractivity contribution in [3.8, 4) is 0 Å². The number of nitrogens with one attached hydrogen (secondary N) is 1. The molecule has 3 fully saturated rings. The van der Waals surface area contributed by atoms with E-state index in [0.29, 0.717) is 5.92 Å². The van der Waals surface area contributed by atoms with Crippen LogP contribution in [0.5, 0.6) is 0 Å². The third-order valence-corrected chi connectivity index (χ3v) is 5.14. The van der Waals surface area contributed by atoms with Crippen LogP contribution in [-0.2, 0) is 4.79 Å². The van der Waals surface area contributed by atoms with Crippen LogP contribution >= 0.6 is 0 Å². The van der Waals surface area contributed by atoms with Crippen molar-refractivity contribution in [2.45, 2.75) is 38.1 Å². The predicted octanol–water partition coefficient (Wildman–Crippen LogP) is 2.39. The number of hydrogen-bond donors (Lipinski definition) is 1. The zero-order valence-electron chi connectivity index (χ0n) is 12.4. The summed E-state index contributed by atoms with van der Waals surface area (Å²) >= 11 is 0. The van der Waals surface area contributed by atoms with Gasteiger partial charge in [0.1, 0.15) is 0 Å². The molecule has 3 aliphatic rings. The van der Waals surface area contributed by atoms with Crippen LogP contribution in [0.1, 0.15) is 38.2 Å². The molecule has 1 amide bonds. The Morgan fingerprint density at radius 2 is 1.95 bits per heavy atom. The predicted molar refractivity (Wildman–Crippen MR) is 80.6 cm³/mol. The molecule has 1 unspecified atom stereocenters. The number of hydrogen-bond acceptors (Lipinski definition) is 2. The summed E-state index contributed by atoms with van der Waals surface area (Å²) < 4.78 is 0. The van der Waals surface area contributed by atoms with E-state index in [9.17, 15) is 4.79 Å². The Labute approximate surface area is 121 Å². The molecular weight excluding hydrogens is 248 g/mol. The van der Waals surface area contributed by atoms with Crippen molar-refractivity contribution in [1.82, 2.24) is 10.2 Å². The van der Waals surface area contributed by atoms with Crippen LogP contribution in [0, 0.1) is 5.92 Å². The van der Waals surface area contributed by atoms with Gasteiger partial charge in [0.25, 0.3) is 0 Å². The number of fused-ring (bicyclic) bond motifs is 3. The normalized spacial score (nSPS) is 33.7. The van der Waals surface area contributed by atoms with Crippen molar-refractivity contribution < 1.29 is 4.79 Å². The summed E-state index contributed by atoms with van der Waals surface area (Å²) in [6, 6.07) is 10.0. The SMILES string of the molecule is C[C@H](C(=O)NC1(C)CN2CCC1CC2)c1ccccc1. The standard InChI is InChI=1S/C17H24N2O/c1-13(14-6-4-3-5-7-14)16(20)18-17(2)12-19-10-8-15(17)9-11-19/h3-7,13,15H,8-12H2,1-2H3,(H,18,20)/t13-,17?/m0/s1. The quantitative estimate of drug-likeness (QED) is 0.916. The molecule has 108 valence electrons. The van der Waals surface area contributed by atoms with E-state index in [1.807, 2.05) is 37.3 Å². The first kappa shape index (κ1) is 13.6. The summed E-state index contributed by atoms with van der Waals surface area (Å²) in [4.78, 5) is 15.0. The van der Waals surface area contributed by atoms with Crippen molar-refractivity contribution in [3.63, 3.8) is 0 Å². The highest BCUT2D eigenvalue weighted by atomic mass is 16.2. The van der Waals surface area contributed by atoms with Crippen LogP contribution in [-0.4, -0.2) is 36.0 Å². The summed E-state index contributed by atoms with van der Waals surface area (Å²) in [5, 5.41) is 3.34. The molecule has 3 aliphatic heterocycles. The van der Waals surface area contributed by atoms with Crippen molar-refractivity contribution in [2.75, 3.05) is 19.6 Å². The molecule has 3 saturated heterocycles. The second-order valence-corrected chi connectivity index (χ2v) is 6.59. The van der Waals surface area contributed by atoms with Crippen LogP contribution in [0.15, 0.2) is 30.3 Å². The maximum Gasteiger partial charge on any atom is 0.227 e. The largest absolute Gasteiger partial charge is 0.349 e. The Balaban J connectivity index is 1.70. The Morgan fingerprint density at radius 3 is 2.50 bits per heavy atom. The number of carbonyl (C=O) groups excluding carboxylic acids is 1. The number of amides is 1. The molecule has 0 spiro atoms. The molecule has 1 N–H and O–H groups in total. The molecule has 0 aliphatic carbocycles. The van der Waals surface area contributed by atoms with Crippen LogP contribution in [0.25, 0.3) is 0 Å². The highest BCUT2D eigenvalue weighted by Gasteiger charge is 2.44. The average Bonchev–Trinajstić information content (AvgIpc) is 2.48. The average molecular weight is 272 g/mol. The maximum absolute atomic E-state index is 12.6. The summed E-state index contributed by atoms with van der Waals surface area (Å²) in [6.07, 6.45) is 2.44. The van der Waals surface area contributed by atoms with E-state index < -0.39 is 0 Å². The smallest absolute Gasteiger partial charge is 0.227 e. The van der Waals surface area contributed by atoms with Gasteiger partial charge in [0.2, 0.25) is 5.91 Å². The lowest BCUT2D eigenvalue weighted by Crippen LogP contribution is -2.65. The Hall–Kier alpha value is -1.35. The van der Waals surface area contributed by atoms with Gasteiger partial charge < -0.3 is 10.2 Å². The minimum Gasteiger partial charge on any atom is -0.349 e. The maximum atomic E-state index is 12.6. The Bertz CT molecular complexity index is 479. The third kappa shape index (κ3) is 2.47. The first-order valence-electron chi connectivity index (χ1n) is 7.68. The zero-order chi connectivity index (χ0) is 14.2. The van der Waals surface area contributed by atoms with Crippen LogP contribution in [0.3, 0.4) is 0 Å². The van der Waals surface area contributed by atoms with Crippen molar-refractivity contribution in [3.05, 3.63) is 35.9 Å². The van der Waals surface area contributed by atoms with Crippen LogP contribution in [0.4, 0.5) is 0 Å². The molecule has 2 atom stereocenters. The van der Waals surface area contributed by atoms with Gasteiger partial charge in [-0.2, -0.15) is 0 Å².